The number of methoxy groups -OCH3 is 1. The first-order chi connectivity index (χ1) is 15.4. The number of rotatable bonds is 8. The number of hydrogen-bond donors (Lipinski definition) is 1. The molecule has 1 aliphatic heterocycles. The number of ether oxygens (including phenoxy) is 1. The van der Waals surface area contributed by atoms with Crippen LogP contribution in [-0.4, -0.2) is 49.0 Å². The largest absolute Gasteiger partial charge is 0.497 e. The van der Waals surface area contributed by atoms with Gasteiger partial charge in [-0.3, -0.25) is 0 Å². The Labute approximate surface area is 192 Å². The predicted octanol–water partition coefficient (Wildman–Crippen LogP) is 2.99. The summed E-state index contributed by atoms with van der Waals surface area (Å²) in [6, 6.07) is 6.46. The van der Waals surface area contributed by atoms with Crippen molar-refractivity contribution in [2.45, 2.75) is 50.0 Å². The average molecular weight is 461 g/mol. The molecule has 176 valence electrons. The van der Waals surface area contributed by atoms with Gasteiger partial charge in [-0.05, 0) is 92.5 Å². The summed E-state index contributed by atoms with van der Waals surface area (Å²) in [4.78, 5) is 4.06. The Balaban J connectivity index is 1.37. The average Bonchev–Trinajstić information content (AvgIpc) is 3.25. The lowest BCUT2D eigenvalue weighted by molar-refractivity contribution is 0.187. The Morgan fingerprint density at radius 3 is 2.66 bits per heavy atom. The van der Waals surface area contributed by atoms with Gasteiger partial charge in [-0.15, -0.1) is 0 Å². The third kappa shape index (κ3) is 5.02. The van der Waals surface area contributed by atoms with Crippen LogP contribution in [0.5, 0.6) is 5.75 Å². The number of benzene rings is 1. The first kappa shape index (κ1) is 23.3. The zero-order valence-electron chi connectivity index (χ0n) is 19.2. The number of fused-ring (bicyclic) bond motifs is 1. The molecule has 0 bridgehead atoms. The Morgan fingerprint density at radius 1 is 1.22 bits per heavy atom. The zero-order chi connectivity index (χ0) is 22.7. The molecule has 4 rings (SSSR count). The highest BCUT2D eigenvalue weighted by atomic mass is 32.2. The maximum Gasteiger partial charge on any atom is 0.262 e. The van der Waals surface area contributed by atoms with Crippen molar-refractivity contribution in [3.05, 3.63) is 41.9 Å². The number of aromatic nitrogens is 2. The van der Waals surface area contributed by atoms with Gasteiger partial charge in [0, 0.05) is 26.3 Å². The van der Waals surface area contributed by atoms with Crippen LogP contribution in [0.15, 0.2) is 35.7 Å². The fraction of sp³-hybridized carbons (Fsp3) is 0.625. The molecule has 1 aromatic carbocycles. The van der Waals surface area contributed by atoms with Crippen molar-refractivity contribution in [2.75, 3.05) is 26.7 Å². The van der Waals surface area contributed by atoms with E-state index in [1.54, 1.807) is 29.2 Å². The Hall–Kier alpha value is -1.90. The van der Waals surface area contributed by atoms with Crippen LogP contribution in [0.1, 0.15) is 43.2 Å². The minimum absolute atomic E-state index is 0.149. The quantitative estimate of drug-likeness (QED) is 0.654. The molecule has 8 heteroatoms. The molecule has 2 atom stereocenters. The van der Waals surface area contributed by atoms with Crippen molar-refractivity contribution in [3.63, 3.8) is 0 Å². The number of nitrogens with zero attached hydrogens (tertiary/aromatic N) is 3. The molecule has 0 amide bonds. The second-order valence-corrected chi connectivity index (χ2v) is 11.3. The molecule has 1 aliphatic carbocycles. The molecule has 2 aromatic rings. The van der Waals surface area contributed by atoms with E-state index in [2.05, 4.69) is 23.2 Å². The molecule has 1 fully saturated rings. The summed E-state index contributed by atoms with van der Waals surface area (Å²) < 4.78 is 34.5. The third-order valence-corrected chi connectivity index (χ3v) is 9.16. The SMILES string of the molecule is COc1ccc2c(c1)CC(C(CCN)CC1CCN(S(=O)(=O)c3cn(C)cn3)CC1)CC2. The lowest BCUT2D eigenvalue weighted by atomic mass is 9.72. The molecule has 1 saturated heterocycles. The summed E-state index contributed by atoms with van der Waals surface area (Å²) in [7, 11) is 0.0148. The first-order valence-corrected chi connectivity index (χ1v) is 13.2. The van der Waals surface area contributed by atoms with E-state index in [-0.39, 0.29) is 5.03 Å². The molecule has 2 unspecified atom stereocenters. The molecule has 7 nitrogen and oxygen atoms in total. The van der Waals surface area contributed by atoms with Gasteiger partial charge in [0.2, 0.25) is 0 Å². The summed E-state index contributed by atoms with van der Waals surface area (Å²) >= 11 is 0. The van der Waals surface area contributed by atoms with Crippen LogP contribution in [0.4, 0.5) is 0 Å². The second-order valence-electron chi connectivity index (χ2n) is 9.44. The first-order valence-electron chi connectivity index (χ1n) is 11.7. The normalized spacial score (nSPS) is 21.3. The summed E-state index contributed by atoms with van der Waals surface area (Å²) in [6.45, 7) is 1.85. The van der Waals surface area contributed by atoms with Gasteiger partial charge in [-0.2, -0.15) is 4.31 Å². The predicted molar refractivity (Wildman–Crippen MR) is 125 cm³/mol. The van der Waals surface area contributed by atoms with Gasteiger partial charge in [0.1, 0.15) is 5.75 Å². The maximum absolute atomic E-state index is 12.9. The topological polar surface area (TPSA) is 90.5 Å². The summed E-state index contributed by atoms with van der Waals surface area (Å²) in [5, 5.41) is 0.149. The van der Waals surface area contributed by atoms with Crippen molar-refractivity contribution in [2.24, 2.45) is 30.5 Å². The fourth-order valence-electron chi connectivity index (χ4n) is 5.52. The fourth-order valence-corrected chi connectivity index (χ4v) is 6.95. The molecule has 0 saturated carbocycles. The molecule has 2 N–H and O–H groups in total. The standard InChI is InChI=1S/C24H36N4O3S/c1-27-16-24(26-17-27)32(29,30)28-11-8-18(9-12-28)13-21(7-10-25)20-4-3-19-5-6-23(31-2)15-22(19)14-20/h5-6,15-18,20-21H,3-4,7-14,25H2,1-2H3. The summed E-state index contributed by atoms with van der Waals surface area (Å²) in [6.07, 6.45) is 10.5. The summed E-state index contributed by atoms with van der Waals surface area (Å²) in [5.74, 6) is 2.70. The minimum atomic E-state index is -3.49. The molecule has 0 radical (unpaired) electrons. The third-order valence-electron chi connectivity index (χ3n) is 7.38. The van der Waals surface area contributed by atoms with E-state index in [4.69, 9.17) is 10.5 Å². The number of nitrogens with two attached hydrogens (primary N) is 1. The Bertz CT molecular complexity index is 1010. The second kappa shape index (κ2) is 9.93. The number of hydrogen-bond acceptors (Lipinski definition) is 5. The van der Waals surface area contributed by atoms with Crippen LogP contribution in [0.2, 0.25) is 0 Å². The molecule has 2 aliphatic rings. The number of piperidine rings is 1. The van der Waals surface area contributed by atoms with Crippen molar-refractivity contribution in [1.29, 1.82) is 0 Å². The van der Waals surface area contributed by atoms with Crippen LogP contribution in [-0.2, 0) is 29.9 Å². The van der Waals surface area contributed by atoms with Gasteiger partial charge in [0.05, 0.1) is 13.4 Å². The lowest BCUT2D eigenvalue weighted by Gasteiger charge is -2.36. The highest BCUT2D eigenvalue weighted by molar-refractivity contribution is 7.89. The number of sulfonamides is 1. The molecular weight excluding hydrogens is 424 g/mol. The number of aryl methyl sites for hydroxylation is 2. The highest BCUT2D eigenvalue weighted by Gasteiger charge is 2.33. The van der Waals surface area contributed by atoms with E-state index in [0.29, 0.717) is 37.4 Å². The minimum Gasteiger partial charge on any atom is -0.497 e. The zero-order valence-corrected chi connectivity index (χ0v) is 20.1. The van der Waals surface area contributed by atoms with Crippen LogP contribution in [0.3, 0.4) is 0 Å². The van der Waals surface area contributed by atoms with Gasteiger partial charge in [-0.25, -0.2) is 13.4 Å². The van der Waals surface area contributed by atoms with E-state index in [0.717, 1.165) is 44.3 Å². The van der Waals surface area contributed by atoms with Crippen LogP contribution >= 0.6 is 0 Å². The van der Waals surface area contributed by atoms with Gasteiger partial charge in [0.15, 0.2) is 5.03 Å². The lowest BCUT2D eigenvalue weighted by Crippen LogP contribution is -2.39. The van der Waals surface area contributed by atoms with Gasteiger partial charge in [-0.1, -0.05) is 6.07 Å². The molecule has 32 heavy (non-hydrogen) atoms. The Morgan fingerprint density at radius 2 is 2.00 bits per heavy atom. The van der Waals surface area contributed by atoms with Crippen LogP contribution in [0, 0.1) is 17.8 Å². The Kier molecular flexibility index (Phi) is 7.22. The van der Waals surface area contributed by atoms with E-state index in [1.807, 2.05) is 0 Å². The highest BCUT2D eigenvalue weighted by Crippen LogP contribution is 2.38. The van der Waals surface area contributed by atoms with Crippen LogP contribution in [0.25, 0.3) is 0 Å². The summed E-state index contributed by atoms with van der Waals surface area (Å²) in [5.41, 5.74) is 8.87. The van der Waals surface area contributed by atoms with Crippen molar-refractivity contribution in [1.82, 2.24) is 13.9 Å². The van der Waals surface area contributed by atoms with Gasteiger partial charge in [0.25, 0.3) is 10.0 Å². The number of imidazole rings is 1. The van der Waals surface area contributed by atoms with Crippen molar-refractivity contribution < 1.29 is 13.2 Å². The van der Waals surface area contributed by atoms with E-state index in [9.17, 15) is 8.42 Å². The van der Waals surface area contributed by atoms with Crippen molar-refractivity contribution >= 4 is 10.0 Å². The monoisotopic (exact) mass is 460 g/mol. The van der Waals surface area contributed by atoms with E-state index in [1.165, 1.54) is 23.9 Å². The molecule has 2 heterocycles. The molecular formula is C24H36N4O3S. The van der Waals surface area contributed by atoms with Gasteiger partial charge >= 0.3 is 0 Å². The van der Waals surface area contributed by atoms with Crippen LogP contribution < -0.4 is 10.5 Å². The smallest absolute Gasteiger partial charge is 0.262 e. The van der Waals surface area contributed by atoms with E-state index >= 15 is 0 Å². The van der Waals surface area contributed by atoms with E-state index < -0.39 is 10.0 Å². The molecule has 1 aromatic heterocycles. The molecule has 0 spiro atoms. The maximum atomic E-state index is 12.9. The van der Waals surface area contributed by atoms with Crippen molar-refractivity contribution in [3.8, 4) is 5.75 Å². The van der Waals surface area contributed by atoms with Gasteiger partial charge < -0.3 is 15.0 Å².